The van der Waals surface area contributed by atoms with Crippen LogP contribution in [0.15, 0.2) is 36.4 Å². The lowest BCUT2D eigenvalue weighted by atomic mass is 10.1. The Labute approximate surface area is 120 Å². The van der Waals surface area contributed by atoms with Crippen molar-refractivity contribution in [1.82, 2.24) is 0 Å². The number of benzene rings is 2. The van der Waals surface area contributed by atoms with Crippen LogP contribution in [0.5, 0.6) is 11.5 Å². The Morgan fingerprint density at radius 1 is 0.952 bits per heavy atom. The first-order chi connectivity index (χ1) is 10.0. The molecular weight excluding hydrogens is 276 g/mol. The van der Waals surface area contributed by atoms with Gasteiger partial charge < -0.3 is 29.9 Å². The van der Waals surface area contributed by atoms with Crippen LogP contribution >= 0.6 is 0 Å². The smallest absolute Gasteiger partial charge is 0.228 e. The largest absolute Gasteiger partial charge is 0.508 e. The molecule has 2 aromatic rings. The van der Waals surface area contributed by atoms with Crippen LogP contribution in [0.1, 0.15) is 0 Å². The van der Waals surface area contributed by atoms with E-state index < -0.39 is 24.6 Å². The monoisotopic (exact) mass is 292 g/mol. The molecule has 0 saturated carbocycles. The fourth-order valence-corrected chi connectivity index (χ4v) is 2.30. The summed E-state index contributed by atoms with van der Waals surface area (Å²) < 4.78 is 10.7. The van der Waals surface area contributed by atoms with Gasteiger partial charge in [0, 0.05) is 0 Å². The maximum atomic E-state index is 9.83. The first-order valence-corrected chi connectivity index (χ1v) is 6.60. The second-order valence-electron chi connectivity index (χ2n) is 5.06. The van der Waals surface area contributed by atoms with Crippen LogP contribution in [0, 0.1) is 0 Å². The third-order valence-corrected chi connectivity index (χ3v) is 3.50. The molecule has 21 heavy (non-hydrogen) atoms. The number of hydrogen-bond acceptors (Lipinski definition) is 6. The van der Waals surface area contributed by atoms with Gasteiger partial charge in [0.15, 0.2) is 0 Å². The quantitative estimate of drug-likeness (QED) is 0.638. The Hall–Kier alpha value is -1.86. The first kappa shape index (κ1) is 14.1. The van der Waals surface area contributed by atoms with Gasteiger partial charge in [-0.2, -0.15) is 0 Å². The Morgan fingerprint density at radius 2 is 1.67 bits per heavy atom. The second-order valence-corrected chi connectivity index (χ2v) is 5.06. The van der Waals surface area contributed by atoms with E-state index >= 15 is 0 Å². The molecule has 4 atom stereocenters. The SMILES string of the molecule is Oc1ccc2cc(O[C@@H]3OC[C@@H](O)[C@H](O)[C@H]3O)ccc2c1. The zero-order valence-corrected chi connectivity index (χ0v) is 11.1. The normalized spacial score (nSPS) is 29.5. The molecule has 6 heteroatoms. The summed E-state index contributed by atoms with van der Waals surface area (Å²) in [5, 5.41) is 39.9. The predicted molar refractivity (Wildman–Crippen MR) is 74.0 cm³/mol. The Morgan fingerprint density at radius 3 is 2.48 bits per heavy atom. The van der Waals surface area contributed by atoms with E-state index in [0.29, 0.717) is 5.75 Å². The van der Waals surface area contributed by atoms with Crippen LogP contribution in [0.2, 0.25) is 0 Å². The van der Waals surface area contributed by atoms with Crippen LogP contribution in [-0.4, -0.2) is 51.6 Å². The number of phenolic OH excluding ortho intramolecular Hbond substituents is 1. The van der Waals surface area contributed by atoms with Gasteiger partial charge >= 0.3 is 0 Å². The number of ether oxygens (including phenoxy) is 2. The van der Waals surface area contributed by atoms with E-state index in [1.165, 1.54) is 0 Å². The Kier molecular flexibility index (Phi) is 3.69. The highest BCUT2D eigenvalue weighted by Gasteiger charge is 2.38. The molecular formula is C15H16O6. The molecule has 1 aliphatic heterocycles. The average Bonchev–Trinajstić information content (AvgIpc) is 2.48. The molecule has 4 N–H and O–H groups in total. The van der Waals surface area contributed by atoms with Gasteiger partial charge in [-0.3, -0.25) is 0 Å². The minimum atomic E-state index is -1.33. The lowest BCUT2D eigenvalue weighted by Crippen LogP contribution is -2.54. The minimum absolute atomic E-state index is 0.107. The number of fused-ring (bicyclic) bond motifs is 1. The summed E-state index contributed by atoms with van der Waals surface area (Å²) in [6, 6.07) is 10.1. The van der Waals surface area contributed by atoms with Crippen molar-refractivity contribution >= 4 is 10.8 Å². The number of aliphatic hydroxyl groups excluding tert-OH is 3. The fourth-order valence-electron chi connectivity index (χ4n) is 2.30. The van der Waals surface area contributed by atoms with Crippen LogP contribution < -0.4 is 4.74 Å². The maximum Gasteiger partial charge on any atom is 0.228 e. The number of rotatable bonds is 2. The van der Waals surface area contributed by atoms with Crippen LogP contribution in [-0.2, 0) is 4.74 Å². The second kappa shape index (κ2) is 5.50. The van der Waals surface area contributed by atoms with E-state index in [9.17, 15) is 20.4 Å². The van der Waals surface area contributed by atoms with Crippen molar-refractivity contribution in [3.63, 3.8) is 0 Å². The molecule has 0 radical (unpaired) electrons. The van der Waals surface area contributed by atoms with E-state index in [1.54, 1.807) is 36.4 Å². The highest BCUT2D eigenvalue weighted by molar-refractivity contribution is 5.85. The lowest BCUT2D eigenvalue weighted by molar-refractivity contribution is -0.242. The highest BCUT2D eigenvalue weighted by atomic mass is 16.7. The fraction of sp³-hybridized carbons (Fsp3) is 0.333. The summed E-state index contributed by atoms with van der Waals surface area (Å²) in [4.78, 5) is 0. The van der Waals surface area contributed by atoms with Gasteiger partial charge in [-0.1, -0.05) is 12.1 Å². The van der Waals surface area contributed by atoms with Gasteiger partial charge in [-0.05, 0) is 35.0 Å². The summed E-state index contributed by atoms with van der Waals surface area (Å²) in [7, 11) is 0. The van der Waals surface area contributed by atoms with E-state index in [2.05, 4.69) is 0 Å². The van der Waals surface area contributed by atoms with Gasteiger partial charge in [0.25, 0.3) is 0 Å². The summed E-state index contributed by atoms with van der Waals surface area (Å²) in [5.41, 5.74) is 0. The molecule has 1 saturated heterocycles. The van der Waals surface area contributed by atoms with Crippen molar-refractivity contribution in [2.45, 2.75) is 24.6 Å². The molecule has 0 amide bonds. The van der Waals surface area contributed by atoms with E-state index in [0.717, 1.165) is 10.8 Å². The Bertz CT molecular complexity index is 643. The number of hydrogen-bond donors (Lipinski definition) is 4. The predicted octanol–water partition coefficient (Wildman–Crippen LogP) is 0.363. The van der Waals surface area contributed by atoms with E-state index in [1.807, 2.05) is 0 Å². The van der Waals surface area contributed by atoms with Gasteiger partial charge in [0.1, 0.15) is 29.8 Å². The van der Waals surface area contributed by atoms with Crippen molar-refractivity contribution in [3.8, 4) is 11.5 Å². The number of phenols is 1. The van der Waals surface area contributed by atoms with Crippen LogP contribution in [0.3, 0.4) is 0 Å². The molecule has 0 bridgehead atoms. The van der Waals surface area contributed by atoms with E-state index in [4.69, 9.17) is 9.47 Å². The van der Waals surface area contributed by atoms with Crippen molar-refractivity contribution in [2.75, 3.05) is 6.61 Å². The average molecular weight is 292 g/mol. The van der Waals surface area contributed by atoms with E-state index in [-0.39, 0.29) is 12.4 Å². The summed E-state index contributed by atoms with van der Waals surface area (Å²) in [5.74, 6) is 0.639. The molecule has 0 aromatic heterocycles. The zero-order valence-electron chi connectivity index (χ0n) is 11.1. The molecule has 1 aliphatic rings. The van der Waals surface area contributed by atoms with Crippen molar-refractivity contribution < 1.29 is 29.9 Å². The molecule has 0 aliphatic carbocycles. The molecule has 112 valence electrons. The third-order valence-electron chi connectivity index (χ3n) is 3.50. The third kappa shape index (κ3) is 2.79. The lowest BCUT2D eigenvalue weighted by Gasteiger charge is -2.34. The standard InChI is InChI=1S/C15H16O6/c16-10-3-1-9-6-11(4-2-8(9)5-10)21-15-14(19)13(18)12(17)7-20-15/h1-6,12-19H,7H2/t12-,13+,14-,15+/m1/s1. The molecule has 1 heterocycles. The van der Waals surface area contributed by atoms with Crippen LogP contribution in [0.25, 0.3) is 10.8 Å². The number of aromatic hydroxyl groups is 1. The van der Waals surface area contributed by atoms with Gasteiger partial charge in [-0.25, -0.2) is 0 Å². The van der Waals surface area contributed by atoms with Crippen molar-refractivity contribution in [2.24, 2.45) is 0 Å². The molecule has 2 aromatic carbocycles. The Balaban J connectivity index is 1.80. The molecule has 0 spiro atoms. The molecule has 3 rings (SSSR count). The van der Waals surface area contributed by atoms with Crippen LogP contribution in [0.4, 0.5) is 0 Å². The topological polar surface area (TPSA) is 99.4 Å². The summed E-state index contributed by atoms with van der Waals surface area (Å²) in [6.45, 7) is -0.107. The maximum absolute atomic E-state index is 9.83. The summed E-state index contributed by atoms with van der Waals surface area (Å²) in [6.07, 6.45) is -4.80. The van der Waals surface area contributed by atoms with Gasteiger partial charge in [-0.15, -0.1) is 0 Å². The minimum Gasteiger partial charge on any atom is -0.508 e. The van der Waals surface area contributed by atoms with Crippen molar-refractivity contribution in [1.29, 1.82) is 0 Å². The zero-order chi connectivity index (χ0) is 15.0. The van der Waals surface area contributed by atoms with Gasteiger partial charge in [0.05, 0.1) is 6.61 Å². The van der Waals surface area contributed by atoms with Crippen molar-refractivity contribution in [3.05, 3.63) is 36.4 Å². The van der Waals surface area contributed by atoms with Gasteiger partial charge in [0.2, 0.25) is 6.29 Å². The molecule has 0 unspecified atom stereocenters. The highest BCUT2D eigenvalue weighted by Crippen LogP contribution is 2.26. The number of aliphatic hydroxyl groups is 3. The summed E-state index contributed by atoms with van der Waals surface area (Å²) >= 11 is 0. The molecule has 6 nitrogen and oxygen atoms in total. The first-order valence-electron chi connectivity index (χ1n) is 6.60. The molecule has 1 fully saturated rings.